The minimum Gasteiger partial charge on any atom is -0.423 e. The van der Waals surface area contributed by atoms with Crippen LogP contribution in [0.5, 0.6) is 0 Å². The minimum absolute atomic E-state index is 0.0593. The van der Waals surface area contributed by atoms with Gasteiger partial charge in [-0.25, -0.2) is 4.39 Å². The summed E-state index contributed by atoms with van der Waals surface area (Å²) in [6.45, 7) is 2.15. The largest absolute Gasteiger partial charge is 0.423 e. The van der Waals surface area contributed by atoms with E-state index in [1.807, 2.05) is 29.2 Å². The molecule has 134 valence electrons. The van der Waals surface area contributed by atoms with Gasteiger partial charge >= 0.3 is 0 Å². The summed E-state index contributed by atoms with van der Waals surface area (Å²) in [5, 5.41) is 2.76. The molecule has 0 radical (unpaired) electrons. The number of rotatable bonds is 4. The van der Waals surface area contributed by atoms with E-state index < -0.39 is 5.67 Å². The van der Waals surface area contributed by atoms with Crippen molar-refractivity contribution in [2.24, 2.45) is 5.92 Å². The number of carbonyl (C=O) groups excluding carboxylic acids is 1. The number of para-hydroxylation sites is 2. The van der Waals surface area contributed by atoms with Gasteiger partial charge in [0, 0.05) is 32.5 Å². The molecule has 0 spiro atoms. The molecule has 3 heterocycles. The standard InChI is InChI=1S/C18H22FN3O3/c19-18(12-20-16(23)13-5-10-24-11-13)6-8-22(9-7-18)17-21-14-3-1-2-4-15(14)25-17/h1-4,13H,5-12H2,(H,20,23). The second kappa shape index (κ2) is 6.63. The van der Waals surface area contributed by atoms with Crippen LogP contribution in [0.3, 0.4) is 0 Å². The Bertz CT molecular complexity index is 716. The predicted molar refractivity (Wildman–Crippen MR) is 91.2 cm³/mol. The average molecular weight is 347 g/mol. The van der Waals surface area contributed by atoms with Crippen LogP contribution in [0.1, 0.15) is 19.3 Å². The molecule has 0 aliphatic carbocycles. The molecule has 1 aromatic carbocycles. The topological polar surface area (TPSA) is 67.6 Å². The molecular weight excluding hydrogens is 325 g/mol. The highest BCUT2D eigenvalue weighted by Crippen LogP contribution is 2.30. The molecule has 1 atom stereocenters. The first-order valence-corrected chi connectivity index (χ1v) is 8.78. The molecule has 2 fully saturated rings. The third-order valence-electron chi connectivity index (χ3n) is 5.09. The number of alkyl halides is 1. The van der Waals surface area contributed by atoms with Gasteiger partial charge in [0.1, 0.15) is 11.2 Å². The van der Waals surface area contributed by atoms with E-state index in [0.717, 1.165) is 17.5 Å². The zero-order valence-electron chi connectivity index (χ0n) is 14.0. The van der Waals surface area contributed by atoms with Gasteiger partial charge in [-0.2, -0.15) is 4.98 Å². The fraction of sp³-hybridized carbons (Fsp3) is 0.556. The summed E-state index contributed by atoms with van der Waals surface area (Å²) in [5.41, 5.74) is 0.165. The van der Waals surface area contributed by atoms with Gasteiger partial charge in [0.2, 0.25) is 5.91 Å². The molecule has 1 unspecified atom stereocenters. The first-order valence-electron chi connectivity index (χ1n) is 8.78. The number of nitrogens with zero attached hydrogens (tertiary/aromatic N) is 2. The van der Waals surface area contributed by atoms with Crippen LogP contribution in [0.15, 0.2) is 28.7 Å². The molecule has 6 nitrogen and oxygen atoms in total. The van der Waals surface area contributed by atoms with Crippen LogP contribution in [0.2, 0.25) is 0 Å². The van der Waals surface area contributed by atoms with Crippen LogP contribution >= 0.6 is 0 Å². The fourth-order valence-corrected chi connectivity index (χ4v) is 3.40. The maximum Gasteiger partial charge on any atom is 0.298 e. The lowest BCUT2D eigenvalue weighted by Gasteiger charge is -2.35. The third-order valence-corrected chi connectivity index (χ3v) is 5.09. The first kappa shape index (κ1) is 16.3. The lowest BCUT2D eigenvalue weighted by Crippen LogP contribution is -2.49. The second-order valence-corrected chi connectivity index (χ2v) is 6.88. The molecule has 4 rings (SSSR count). The van der Waals surface area contributed by atoms with Crippen molar-refractivity contribution in [1.29, 1.82) is 0 Å². The van der Waals surface area contributed by atoms with Crippen LogP contribution in [0, 0.1) is 5.92 Å². The van der Waals surface area contributed by atoms with Crippen LogP contribution in [0.25, 0.3) is 11.1 Å². The monoisotopic (exact) mass is 347 g/mol. The maximum atomic E-state index is 15.0. The summed E-state index contributed by atoms with van der Waals surface area (Å²) in [7, 11) is 0. The molecule has 2 saturated heterocycles. The van der Waals surface area contributed by atoms with Crippen molar-refractivity contribution in [1.82, 2.24) is 10.3 Å². The molecule has 0 saturated carbocycles. The van der Waals surface area contributed by atoms with Gasteiger partial charge in [-0.3, -0.25) is 4.79 Å². The SMILES string of the molecule is O=C(NCC1(F)CCN(c2nc3ccccc3o2)CC1)C1CCOC1. The van der Waals surface area contributed by atoms with E-state index in [2.05, 4.69) is 10.3 Å². The van der Waals surface area contributed by atoms with Gasteiger partial charge in [0.15, 0.2) is 5.58 Å². The highest BCUT2D eigenvalue weighted by atomic mass is 19.1. The summed E-state index contributed by atoms with van der Waals surface area (Å²) < 4.78 is 25.9. The van der Waals surface area contributed by atoms with Crippen molar-refractivity contribution in [3.05, 3.63) is 24.3 Å². The van der Waals surface area contributed by atoms with E-state index in [1.165, 1.54) is 0 Å². The van der Waals surface area contributed by atoms with Crippen molar-refractivity contribution in [3.63, 3.8) is 0 Å². The number of hydrogen-bond donors (Lipinski definition) is 1. The number of oxazole rings is 1. The number of carbonyl (C=O) groups is 1. The van der Waals surface area contributed by atoms with E-state index in [1.54, 1.807) is 0 Å². The Labute approximate surface area is 145 Å². The van der Waals surface area contributed by atoms with Crippen molar-refractivity contribution in [2.75, 3.05) is 37.7 Å². The molecule has 25 heavy (non-hydrogen) atoms. The van der Waals surface area contributed by atoms with Gasteiger partial charge in [0.25, 0.3) is 6.01 Å². The summed E-state index contributed by atoms with van der Waals surface area (Å²) in [4.78, 5) is 18.4. The highest BCUT2D eigenvalue weighted by Gasteiger charge is 2.37. The number of anilines is 1. The molecular formula is C18H22FN3O3. The van der Waals surface area contributed by atoms with E-state index in [9.17, 15) is 9.18 Å². The Balaban J connectivity index is 1.33. The summed E-state index contributed by atoms with van der Waals surface area (Å²) >= 11 is 0. The highest BCUT2D eigenvalue weighted by molar-refractivity contribution is 5.79. The normalized spacial score (nSPS) is 23.1. The van der Waals surface area contributed by atoms with Crippen LogP contribution in [-0.2, 0) is 9.53 Å². The Morgan fingerprint density at radius 1 is 1.36 bits per heavy atom. The number of halogens is 1. The summed E-state index contributed by atoms with van der Waals surface area (Å²) in [6.07, 6.45) is 1.40. The van der Waals surface area contributed by atoms with Gasteiger partial charge in [0.05, 0.1) is 19.1 Å². The maximum absolute atomic E-state index is 15.0. The molecule has 1 amide bonds. The minimum atomic E-state index is -1.38. The van der Waals surface area contributed by atoms with Gasteiger partial charge in [-0.1, -0.05) is 12.1 Å². The van der Waals surface area contributed by atoms with Crippen molar-refractivity contribution < 1.29 is 18.3 Å². The van der Waals surface area contributed by atoms with Gasteiger partial charge in [-0.15, -0.1) is 0 Å². The Morgan fingerprint density at radius 3 is 2.88 bits per heavy atom. The Kier molecular flexibility index (Phi) is 4.33. The number of benzene rings is 1. The van der Waals surface area contributed by atoms with Gasteiger partial charge in [-0.05, 0) is 18.6 Å². The average Bonchev–Trinajstić information content (AvgIpc) is 3.30. The Morgan fingerprint density at radius 2 is 2.16 bits per heavy atom. The zero-order valence-corrected chi connectivity index (χ0v) is 14.0. The van der Waals surface area contributed by atoms with E-state index in [4.69, 9.17) is 9.15 Å². The number of fused-ring (bicyclic) bond motifs is 1. The molecule has 2 aliphatic heterocycles. The molecule has 1 N–H and O–H groups in total. The summed E-state index contributed by atoms with van der Waals surface area (Å²) in [6, 6.07) is 8.12. The second-order valence-electron chi connectivity index (χ2n) is 6.88. The molecule has 2 aromatic rings. The predicted octanol–water partition coefficient (Wildman–Crippen LogP) is 2.29. The molecule has 1 aromatic heterocycles. The molecule has 2 aliphatic rings. The molecule has 7 heteroatoms. The third kappa shape index (κ3) is 3.46. The smallest absolute Gasteiger partial charge is 0.298 e. The first-order chi connectivity index (χ1) is 12.1. The van der Waals surface area contributed by atoms with Crippen LogP contribution < -0.4 is 10.2 Å². The van der Waals surface area contributed by atoms with E-state index in [0.29, 0.717) is 45.2 Å². The molecule has 0 bridgehead atoms. The fourth-order valence-electron chi connectivity index (χ4n) is 3.40. The number of piperidine rings is 1. The van der Waals surface area contributed by atoms with Crippen LogP contribution in [-0.4, -0.2) is 49.4 Å². The number of ether oxygens (including phenoxy) is 1. The zero-order chi connectivity index (χ0) is 17.3. The van der Waals surface area contributed by atoms with Gasteiger partial charge < -0.3 is 19.4 Å². The van der Waals surface area contributed by atoms with Crippen LogP contribution in [0.4, 0.5) is 10.4 Å². The Hall–Kier alpha value is -2.15. The number of hydrogen-bond acceptors (Lipinski definition) is 5. The quantitative estimate of drug-likeness (QED) is 0.919. The number of amides is 1. The lowest BCUT2D eigenvalue weighted by atomic mass is 9.93. The number of nitrogens with one attached hydrogen (secondary N) is 1. The van der Waals surface area contributed by atoms with Crippen molar-refractivity contribution in [2.45, 2.75) is 24.9 Å². The summed E-state index contributed by atoms with van der Waals surface area (Å²) in [5.74, 6) is -0.237. The van der Waals surface area contributed by atoms with Crippen molar-refractivity contribution >= 4 is 23.0 Å². The van der Waals surface area contributed by atoms with E-state index in [-0.39, 0.29) is 18.4 Å². The van der Waals surface area contributed by atoms with Crippen molar-refractivity contribution in [3.8, 4) is 0 Å². The lowest BCUT2D eigenvalue weighted by molar-refractivity contribution is -0.125. The van der Waals surface area contributed by atoms with E-state index >= 15 is 0 Å². The number of aromatic nitrogens is 1.